The van der Waals surface area contributed by atoms with Gasteiger partial charge in [0.1, 0.15) is 0 Å². The van der Waals surface area contributed by atoms with E-state index < -0.39 is 18.0 Å². The predicted octanol–water partition coefficient (Wildman–Crippen LogP) is 1.94. The van der Waals surface area contributed by atoms with Crippen LogP contribution in [0.4, 0.5) is 5.69 Å². The largest absolute Gasteiger partial charge is 0.454 e. The SMILES string of the molecule is CC(C)C(=O)O[C@H](C)C(=O)Nc1ccc2c(c1)OCO2. The average molecular weight is 279 g/mol. The summed E-state index contributed by atoms with van der Waals surface area (Å²) in [6.45, 7) is 5.13. The third-order valence-corrected chi connectivity index (χ3v) is 2.77. The quantitative estimate of drug-likeness (QED) is 0.853. The van der Waals surface area contributed by atoms with Crippen molar-refractivity contribution in [3.8, 4) is 11.5 Å². The van der Waals surface area contributed by atoms with Crippen molar-refractivity contribution in [2.24, 2.45) is 5.92 Å². The molecule has 0 spiro atoms. The van der Waals surface area contributed by atoms with Crippen molar-refractivity contribution in [1.82, 2.24) is 0 Å². The van der Waals surface area contributed by atoms with Crippen molar-refractivity contribution in [1.29, 1.82) is 0 Å². The molecular weight excluding hydrogens is 262 g/mol. The van der Waals surface area contributed by atoms with E-state index in [9.17, 15) is 9.59 Å². The first-order valence-corrected chi connectivity index (χ1v) is 6.38. The number of carbonyl (C=O) groups excluding carboxylic acids is 2. The first-order valence-electron chi connectivity index (χ1n) is 6.38. The van der Waals surface area contributed by atoms with Crippen LogP contribution in [0, 0.1) is 5.92 Å². The van der Waals surface area contributed by atoms with E-state index in [1.807, 2.05) is 0 Å². The molecule has 0 radical (unpaired) electrons. The highest BCUT2D eigenvalue weighted by Gasteiger charge is 2.20. The Labute approximate surface area is 117 Å². The summed E-state index contributed by atoms with van der Waals surface area (Å²) in [4.78, 5) is 23.3. The van der Waals surface area contributed by atoms with E-state index in [0.29, 0.717) is 17.2 Å². The van der Waals surface area contributed by atoms with E-state index in [2.05, 4.69) is 5.32 Å². The van der Waals surface area contributed by atoms with Crippen LogP contribution in [0.25, 0.3) is 0 Å². The Bertz CT molecular complexity index is 526. The van der Waals surface area contributed by atoms with Crippen molar-refractivity contribution in [2.75, 3.05) is 12.1 Å². The fourth-order valence-corrected chi connectivity index (χ4v) is 1.58. The minimum Gasteiger partial charge on any atom is -0.454 e. The molecule has 0 saturated heterocycles. The molecule has 0 bridgehead atoms. The van der Waals surface area contributed by atoms with Gasteiger partial charge in [-0.3, -0.25) is 9.59 Å². The second-order valence-corrected chi connectivity index (χ2v) is 4.79. The number of ether oxygens (including phenoxy) is 3. The van der Waals surface area contributed by atoms with Crippen LogP contribution in [0.5, 0.6) is 11.5 Å². The van der Waals surface area contributed by atoms with Crippen LogP contribution in [0.1, 0.15) is 20.8 Å². The first kappa shape index (κ1) is 14.2. The Hall–Kier alpha value is -2.24. The Morgan fingerprint density at radius 2 is 1.90 bits per heavy atom. The van der Waals surface area contributed by atoms with Gasteiger partial charge in [-0.15, -0.1) is 0 Å². The minimum absolute atomic E-state index is 0.176. The summed E-state index contributed by atoms with van der Waals surface area (Å²) in [5.74, 6) is 0.156. The van der Waals surface area contributed by atoms with Crippen LogP contribution in [-0.4, -0.2) is 24.8 Å². The zero-order chi connectivity index (χ0) is 14.7. The highest BCUT2D eigenvalue weighted by molar-refractivity contribution is 5.95. The van der Waals surface area contributed by atoms with Crippen LogP contribution < -0.4 is 14.8 Å². The van der Waals surface area contributed by atoms with Gasteiger partial charge in [-0.25, -0.2) is 0 Å². The number of hydrogen-bond acceptors (Lipinski definition) is 5. The molecule has 0 fully saturated rings. The summed E-state index contributed by atoms with van der Waals surface area (Å²) >= 11 is 0. The van der Waals surface area contributed by atoms with Gasteiger partial charge in [0.25, 0.3) is 5.91 Å². The number of rotatable bonds is 4. The molecule has 1 N–H and O–H groups in total. The lowest BCUT2D eigenvalue weighted by Crippen LogP contribution is -2.31. The van der Waals surface area contributed by atoms with Gasteiger partial charge in [-0.2, -0.15) is 0 Å². The second-order valence-electron chi connectivity index (χ2n) is 4.79. The lowest BCUT2D eigenvalue weighted by Gasteiger charge is -2.15. The van der Waals surface area contributed by atoms with Gasteiger partial charge in [-0.1, -0.05) is 13.8 Å². The van der Waals surface area contributed by atoms with Crippen LogP contribution in [-0.2, 0) is 14.3 Å². The maximum absolute atomic E-state index is 11.9. The summed E-state index contributed by atoms with van der Waals surface area (Å²) < 4.78 is 15.4. The normalized spacial score (nSPS) is 14.0. The fourth-order valence-electron chi connectivity index (χ4n) is 1.58. The van der Waals surface area contributed by atoms with Gasteiger partial charge < -0.3 is 19.5 Å². The molecule has 0 aromatic heterocycles. The van der Waals surface area contributed by atoms with E-state index in [1.54, 1.807) is 32.0 Å². The van der Waals surface area contributed by atoms with E-state index in [4.69, 9.17) is 14.2 Å². The van der Waals surface area contributed by atoms with E-state index >= 15 is 0 Å². The zero-order valence-electron chi connectivity index (χ0n) is 11.6. The molecule has 1 atom stereocenters. The molecule has 6 nitrogen and oxygen atoms in total. The van der Waals surface area contributed by atoms with Crippen molar-refractivity contribution in [3.05, 3.63) is 18.2 Å². The van der Waals surface area contributed by atoms with Crippen LogP contribution in [0.2, 0.25) is 0 Å². The first-order chi connectivity index (χ1) is 9.47. The highest BCUT2D eigenvalue weighted by atomic mass is 16.7. The molecule has 1 aromatic carbocycles. The Kier molecular flexibility index (Phi) is 4.12. The molecule has 1 heterocycles. The monoisotopic (exact) mass is 279 g/mol. The molecule has 20 heavy (non-hydrogen) atoms. The number of anilines is 1. The molecule has 0 unspecified atom stereocenters. The van der Waals surface area contributed by atoms with Crippen molar-refractivity contribution in [3.63, 3.8) is 0 Å². The van der Waals surface area contributed by atoms with Crippen molar-refractivity contribution >= 4 is 17.6 Å². The van der Waals surface area contributed by atoms with Crippen LogP contribution in [0.3, 0.4) is 0 Å². The molecule has 0 saturated carbocycles. The van der Waals surface area contributed by atoms with Crippen LogP contribution in [0.15, 0.2) is 18.2 Å². The van der Waals surface area contributed by atoms with Gasteiger partial charge in [0.2, 0.25) is 6.79 Å². The number of benzene rings is 1. The molecule has 1 aliphatic rings. The summed E-state index contributed by atoms with van der Waals surface area (Å²) in [5, 5.41) is 2.66. The Morgan fingerprint density at radius 3 is 2.60 bits per heavy atom. The topological polar surface area (TPSA) is 73.9 Å². The standard InChI is InChI=1S/C14H17NO5/c1-8(2)14(17)20-9(3)13(16)15-10-4-5-11-12(6-10)19-7-18-11/h4-6,8-9H,7H2,1-3H3,(H,15,16)/t9-/m1/s1. The molecular formula is C14H17NO5. The second kappa shape index (κ2) is 5.81. The van der Waals surface area contributed by atoms with Crippen LogP contribution >= 0.6 is 0 Å². The summed E-state index contributed by atoms with van der Waals surface area (Å²) in [6.07, 6.45) is -0.852. The number of hydrogen-bond donors (Lipinski definition) is 1. The maximum Gasteiger partial charge on any atom is 0.309 e. The number of nitrogens with one attached hydrogen (secondary N) is 1. The van der Waals surface area contributed by atoms with Gasteiger partial charge in [0, 0.05) is 11.8 Å². The molecule has 0 aliphatic carbocycles. The van der Waals surface area contributed by atoms with Gasteiger partial charge in [0.05, 0.1) is 5.92 Å². The smallest absolute Gasteiger partial charge is 0.309 e. The lowest BCUT2D eigenvalue weighted by atomic mass is 10.2. The third kappa shape index (κ3) is 3.20. The molecule has 108 valence electrons. The van der Waals surface area contributed by atoms with E-state index in [0.717, 1.165) is 0 Å². The minimum atomic E-state index is -0.852. The number of fused-ring (bicyclic) bond motifs is 1. The molecule has 1 aliphatic heterocycles. The number of esters is 1. The molecule has 6 heteroatoms. The summed E-state index contributed by atoms with van der Waals surface area (Å²) in [5.41, 5.74) is 0.562. The Morgan fingerprint density at radius 1 is 1.20 bits per heavy atom. The van der Waals surface area contributed by atoms with Crippen molar-refractivity contribution in [2.45, 2.75) is 26.9 Å². The predicted molar refractivity (Wildman–Crippen MR) is 71.6 cm³/mol. The third-order valence-electron chi connectivity index (χ3n) is 2.77. The molecule has 1 amide bonds. The molecule has 2 rings (SSSR count). The average Bonchev–Trinajstić information content (AvgIpc) is 2.85. The van der Waals surface area contributed by atoms with Crippen molar-refractivity contribution < 1.29 is 23.8 Å². The van der Waals surface area contributed by atoms with E-state index in [1.165, 1.54) is 6.92 Å². The number of carbonyl (C=O) groups is 2. The van der Waals surface area contributed by atoms with Gasteiger partial charge >= 0.3 is 5.97 Å². The fraction of sp³-hybridized carbons (Fsp3) is 0.429. The lowest BCUT2D eigenvalue weighted by molar-refractivity contribution is -0.156. The maximum atomic E-state index is 11.9. The van der Waals surface area contributed by atoms with Gasteiger partial charge in [-0.05, 0) is 19.1 Å². The number of amides is 1. The summed E-state index contributed by atoms with van der Waals surface area (Å²) in [7, 11) is 0. The highest BCUT2D eigenvalue weighted by Crippen LogP contribution is 2.34. The van der Waals surface area contributed by atoms with E-state index in [-0.39, 0.29) is 12.7 Å². The zero-order valence-corrected chi connectivity index (χ0v) is 11.6. The summed E-state index contributed by atoms with van der Waals surface area (Å²) in [6, 6.07) is 5.07. The Balaban J connectivity index is 1.95. The van der Waals surface area contributed by atoms with Gasteiger partial charge in [0.15, 0.2) is 17.6 Å². The molecule has 1 aromatic rings.